The molecule has 0 heterocycles. The van der Waals surface area contributed by atoms with Crippen molar-refractivity contribution in [1.29, 1.82) is 0 Å². The Morgan fingerprint density at radius 2 is 1.79 bits per heavy atom. The Morgan fingerprint density at radius 3 is 2.38 bits per heavy atom. The molecule has 3 amide bonds. The van der Waals surface area contributed by atoms with Crippen LogP contribution in [0.15, 0.2) is 12.1 Å². The number of methoxy groups -OCH3 is 2. The highest BCUT2D eigenvalue weighted by atomic mass is 16.6. The Morgan fingerprint density at radius 1 is 1.10 bits per heavy atom. The maximum atomic E-state index is 12.6. The van der Waals surface area contributed by atoms with Crippen LogP contribution < -0.4 is 20.1 Å². The van der Waals surface area contributed by atoms with Crippen LogP contribution in [0.1, 0.15) is 59.7 Å². The smallest absolute Gasteiger partial charge is 0.343 e. The first-order chi connectivity index (χ1) is 13.9. The van der Waals surface area contributed by atoms with Gasteiger partial charge >= 0.3 is 12.0 Å². The van der Waals surface area contributed by atoms with Crippen LogP contribution in [-0.2, 0) is 9.53 Å². The summed E-state index contributed by atoms with van der Waals surface area (Å²) < 4.78 is 15.4. The summed E-state index contributed by atoms with van der Waals surface area (Å²) in [6, 6.07) is 2.27. The SMILES string of the molecule is COc1ccc(C=O)c(C(=O)O[C@H](C)C(=O)NC(=O)NC2CCCCC2)c1OC. The number of benzene rings is 1. The number of aldehydes is 1. The highest BCUT2D eigenvalue weighted by molar-refractivity contribution is 6.03. The van der Waals surface area contributed by atoms with Crippen LogP contribution in [0.4, 0.5) is 4.79 Å². The van der Waals surface area contributed by atoms with E-state index in [1.54, 1.807) is 0 Å². The maximum absolute atomic E-state index is 12.6. The van der Waals surface area contributed by atoms with E-state index in [9.17, 15) is 19.2 Å². The number of ether oxygens (including phenoxy) is 3. The molecule has 0 saturated heterocycles. The first-order valence-corrected chi connectivity index (χ1v) is 9.43. The van der Waals surface area contributed by atoms with Crippen LogP contribution in [0, 0.1) is 0 Å². The maximum Gasteiger partial charge on any atom is 0.343 e. The second kappa shape index (κ2) is 10.4. The molecule has 1 aliphatic rings. The molecule has 2 N–H and O–H groups in total. The van der Waals surface area contributed by atoms with Crippen molar-refractivity contribution < 1.29 is 33.4 Å². The Bertz CT molecular complexity index is 772. The molecule has 2 rings (SSSR count). The van der Waals surface area contributed by atoms with Crippen LogP contribution in [0.2, 0.25) is 0 Å². The van der Waals surface area contributed by atoms with Gasteiger partial charge in [-0.05, 0) is 31.9 Å². The summed E-state index contributed by atoms with van der Waals surface area (Å²) >= 11 is 0. The summed E-state index contributed by atoms with van der Waals surface area (Å²) in [5.41, 5.74) is -0.136. The van der Waals surface area contributed by atoms with E-state index < -0.39 is 24.0 Å². The Balaban J connectivity index is 2.03. The number of carbonyl (C=O) groups is 4. The summed E-state index contributed by atoms with van der Waals surface area (Å²) in [7, 11) is 2.70. The molecule has 0 unspecified atom stereocenters. The van der Waals surface area contributed by atoms with Gasteiger partial charge in [0.05, 0.1) is 14.2 Å². The summed E-state index contributed by atoms with van der Waals surface area (Å²) in [6.07, 6.45) is 4.16. The quantitative estimate of drug-likeness (QED) is 0.526. The molecule has 0 aliphatic heterocycles. The van der Waals surface area contributed by atoms with Crippen molar-refractivity contribution in [2.24, 2.45) is 0 Å². The molecule has 29 heavy (non-hydrogen) atoms. The monoisotopic (exact) mass is 406 g/mol. The number of imide groups is 1. The van der Waals surface area contributed by atoms with Gasteiger partial charge in [-0.2, -0.15) is 0 Å². The van der Waals surface area contributed by atoms with Crippen molar-refractivity contribution in [3.63, 3.8) is 0 Å². The van der Waals surface area contributed by atoms with Gasteiger partial charge in [0.1, 0.15) is 5.56 Å². The minimum absolute atomic E-state index is 0.0183. The molecule has 158 valence electrons. The number of hydrogen-bond acceptors (Lipinski definition) is 7. The predicted molar refractivity (Wildman–Crippen MR) is 103 cm³/mol. The van der Waals surface area contributed by atoms with Crippen molar-refractivity contribution in [3.05, 3.63) is 23.3 Å². The number of carbonyl (C=O) groups excluding carboxylic acids is 4. The van der Waals surface area contributed by atoms with Crippen LogP contribution >= 0.6 is 0 Å². The topological polar surface area (TPSA) is 120 Å². The van der Waals surface area contributed by atoms with Gasteiger partial charge < -0.3 is 19.5 Å². The summed E-state index contributed by atoms with van der Waals surface area (Å²) in [6.45, 7) is 1.33. The summed E-state index contributed by atoms with van der Waals surface area (Å²) in [5, 5.41) is 4.92. The average Bonchev–Trinajstić information content (AvgIpc) is 2.72. The van der Waals surface area contributed by atoms with Gasteiger partial charge in [0.2, 0.25) is 0 Å². The summed E-state index contributed by atoms with van der Waals surface area (Å²) in [4.78, 5) is 48.1. The lowest BCUT2D eigenvalue weighted by atomic mass is 9.96. The van der Waals surface area contributed by atoms with Crippen LogP contribution in [0.25, 0.3) is 0 Å². The van der Waals surface area contributed by atoms with E-state index >= 15 is 0 Å². The lowest BCUT2D eigenvalue weighted by molar-refractivity contribution is -0.127. The molecule has 0 bridgehead atoms. The van der Waals surface area contributed by atoms with Gasteiger partial charge in [0.15, 0.2) is 23.9 Å². The van der Waals surface area contributed by atoms with Crippen molar-refractivity contribution in [3.8, 4) is 11.5 Å². The van der Waals surface area contributed by atoms with Crippen molar-refractivity contribution >= 4 is 24.2 Å². The van der Waals surface area contributed by atoms with E-state index in [1.165, 1.54) is 33.3 Å². The molecule has 1 aliphatic carbocycles. The normalized spacial score (nSPS) is 15.0. The Labute approximate surface area is 169 Å². The van der Waals surface area contributed by atoms with E-state index in [4.69, 9.17) is 14.2 Å². The standard InChI is InChI=1S/C20H26N2O7/c1-12(18(24)22-20(26)21-14-7-5-4-6-8-14)29-19(25)16-13(11-23)9-10-15(27-2)17(16)28-3/h9-12,14H,4-8H2,1-3H3,(H2,21,22,24,26)/t12-/m1/s1. The highest BCUT2D eigenvalue weighted by Crippen LogP contribution is 2.33. The molecular weight excluding hydrogens is 380 g/mol. The molecule has 9 heteroatoms. The minimum atomic E-state index is -1.27. The lowest BCUT2D eigenvalue weighted by Crippen LogP contribution is -2.48. The largest absolute Gasteiger partial charge is 0.493 e. The minimum Gasteiger partial charge on any atom is -0.493 e. The van der Waals surface area contributed by atoms with Gasteiger partial charge in [-0.3, -0.25) is 14.9 Å². The van der Waals surface area contributed by atoms with E-state index in [2.05, 4.69) is 10.6 Å². The van der Waals surface area contributed by atoms with E-state index in [0.29, 0.717) is 6.29 Å². The fraction of sp³-hybridized carbons (Fsp3) is 0.500. The van der Waals surface area contributed by atoms with Crippen LogP contribution in [0.3, 0.4) is 0 Å². The molecule has 0 radical (unpaired) electrons. The van der Waals surface area contributed by atoms with E-state index in [1.807, 2.05) is 0 Å². The fourth-order valence-electron chi connectivity index (χ4n) is 3.21. The zero-order valence-electron chi connectivity index (χ0n) is 16.8. The zero-order valence-corrected chi connectivity index (χ0v) is 16.8. The number of urea groups is 1. The molecule has 0 aromatic heterocycles. The third-order valence-electron chi connectivity index (χ3n) is 4.74. The highest BCUT2D eigenvalue weighted by Gasteiger charge is 2.27. The molecule has 9 nitrogen and oxygen atoms in total. The lowest BCUT2D eigenvalue weighted by Gasteiger charge is -2.23. The number of rotatable bonds is 7. The van der Waals surface area contributed by atoms with E-state index in [0.717, 1.165) is 32.1 Å². The molecule has 1 aromatic rings. The van der Waals surface area contributed by atoms with Crippen molar-refractivity contribution in [1.82, 2.24) is 10.6 Å². The number of amides is 3. The van der Waals surface area contributed by atoms with Gasteiger partial charge in [0.25, 0.3) is 5.91 Å². The Kier molecular flexibility index (Phi) is 7.99. The first-order valence-electron chi connectivity index (χ1n) is 9.43. The van der Waals surface area contributed by atoms with Gasteiger partial charge in [-0.1, -0.05) is 19.3 Å². The molecule has 1 fully saturated rings. The van der Waals surface area contributed by atoms with Crippen LogP contribution in [0.5, 0.6) is 11.5 Å². The average molecular weight is 406 g/mol. The van der Waals surface area contributed by atoms with Crippen molar-refractivity contribution in [2.75, 3.05) is 14.2 Å². The van der Waals surface area contributed by atoms with Gasteiger partial charge in [0, 0.05) is 11.6 Å². The van der Waals surface area contributed by atoms with E-state index in [-0.39, 0.29) is 28.7 Å². The Hall–Kier alpha value is -3.10. The van der Waals surface area contributed by atoms with Crippen molar-refractivity contribution in [2.45, 2.75) is 51.2 Å². The third kappa shape index (κ3) is 5.69. The van der Waals surface area contributed by atoms with Gasteiger partial charge in [-0.25, -0.2) is 9.59 Å². The van der Waals surface area contributed by atoms with Crippen LogP contribution in [-0.4, -0.2) is 50.6 Å². The third-order valence-corrected chi connectivity index (χ3v) is 4.74. The first kappa shape index (κ1) is 22.2. The molecular formula is C20H26N2O7. The molecule has 1 atom stereocenters. The number of hydrogen-bond donors (Lipinski definition) is 2. The predicted octanol–water partition coefficient (Wildman–Crippen LogP) is 2.22. The molecule has 1 saturated carbocycles. The molecule has 0 spiro atoms. The second-order valence-corrected chi connectivity index (χ2v) is 6.73. The fourth-order valence-corrected chi connectivity index (χ4v) is 3.21. The second-order valence-electron chi connectivity index (χ2n) is 6.73. The number of nitrogens with one attached hydrogen (secondary N) is 2. The zero-order chi connectivity index (χ0) is 21.4. The van der Waals surface area contributed by atoms with Gasteiger partial charge in [-0.15, -0.1) is 0 Å². The number of esters is 1. The molecule has 1 aromatic carbocycles. The summed E-state index contributed by atoms with van der Waals surface area (Å²) in [5.74, 6) is -1.47.